The molecule has 0 spiro atoms. The first kappa shape index (κ1) is 30.0. The standard InChI is InChI=1S/C26H51.Y/c1-11-15-19-25(9,20-16-18-24(6,7)8)26(10,14-4)23(13-3)21-22(5)17-12-2;/h12,17,22-23H,6,11,13-16,18-21H2,1-5,7-10H3;/q-1;. The van der Waals surface area contributed by atoms with E-state index in [2.05, 4.69) is 81.4 Å². The van der Waals surface area contributed by atoms with Gasteiger partial charge >= 0.3 is 0 Å². The van der Waals surface area contributed by atoms with Crippen molar-refractivity contribution in [3.05, 3.63) is 19.1 Å². The number of hydrogen-bond donors (Lipinski definition) is 0. The van der Waals surface area contributed by atoms with Crippen LogP contribution in [0.15, 0.2) is 12.2 Å². The fraction of sp³-hybridized carbons (Fsp3) is 0.885. The first-order chi connectivity index (χ1) is 12.0. The first-order valence-electron chi connectivity index (χ1n) is 11.5. The molecule has 0 heterocycles. The molecule has 0 N–H and O–H groups in total. The summed E-state index contributed by atoms with van der Waals surface area (Å²) in [5.41, 5.74) is 1.05. The molecule has 0 aliphatic carbocycles. The molecule has 0 bridgehead atoms. The van der Waals surface area contributed by atoms with Crippen LogP contribution in [-0.4, -0.2) is 0 Å². The Morgan fingerprint density at radius 1 is 0.926 bits per heavy atom. The minimum Gasteiger partial charge on any atom is -0.338 e. The summed E-state index contributed by atoms with van der Waals surface area (Å²) in [6.07, 6.45) is 16.5. The van der Waals surface area contributed by atoms with Crippen molar-refractivity contribution in [2.45, 2.75) is 120 Å². The molecule has 1 heteroatoms. The van der Waals surface area contributed by atoms with Gasteiger partial charge in [-0.2, -0.15) is 5.41 Å². The van der Waals surface area contributed by atoms with E-state index in [0.29, 0.717) is 16.7 Å². The van der Waals surface area contributed by atoms with Crippen LogP contribution in [-0.2, 0) is 32.7 Å². The molecule has 159 valence electrons. The van der Waals surface area contributed by atoms with E-state index in [4.69, 9.17) is 0 Å². The smallest absolute Gasteiger partial charge is 0 e. The van der Waals surface area contributed by atoms with E-state index in [0.717, 1.165) is 5.92 Å². The summed E-state index contributed by atoms with van der Waals surface area (Å²) in [7, 11) is 0. The summed E-state index contributed by atoms with van der Waals surface area (Å²) in [5, 5.41) is 0. The van der Waals surface area contributed by atoms with Crippen LogP contribution in [0.1, 0.15) is 120 Å². The molecule has 1 radical (unpaired) electrons. The molecule has 0 aromatic rings. The van der Waals surface area contributed by atoms with Gasteiger partial charge in [0.1, 0.15) is 0 Å². The topological polar surface area (TPSA) is 0 Å². The molecule has 0 aliphatic rings. The molecule has 0 nitrogen and oxygen atoms in total. The van der Waals surface area contributed by atoms with Crippen molar-refractivity contribution in [3.63, 3.8) is 0 Å². The number of unbranched alkanes of at least 4 members (excludes halogenated alkanes) is 1. The van der Waals surface area contributed by atoms with E-state index in [9.17, 15) is 0 Å². The Labute approximate surface area is 199 Å². The first-order valence-corrected chi connectivity index (χ1v) is 11.5. The van der Waals surface area contributed by atoms with Gasteiger partial charge in [0.2, 0.25) is 0 Å². The average molecular weight is 453 g/mol. The van der Waals surface area contributed by atoms with Crippen molar-refractivity contribution in [2.24, 2.45) is 28.1 Å². The maximum absolute atomic E-state index is 4.34. The predicted octanol–water partition coefficient (Wildman–Crippen LogP) is 9.26. The van der Waals surface area contributed by atoms with Crippen LogP contribution in [0.3, 0.4) is 0 Å². The minimum atomic E-state index is 0. The van der Waals surface area contributed by atoms with Crippen molar-refractivity contribution in [3.8, 4) is 0 Å². The number of allylic oxidation sites excluding steroid dienone is 2. The zero-order valence-corrected chi connectivity index (χ0v) is 23.3. The maximum Gasteiger partial charge on any atom is 0 e. The average Bonchev–Trinajstić information content (AvgIpc) is 2.56. The maximum atomic E-state index is 4.34. The van der Waals surface area contributed by atoms with Gasteiger partial charge in [-0.25, -0.2) is 0 Å². The Bertz CT molecular complexity index is 392. The Morgan fingerprint density at radius 3 is 1.89 bits per heavy atom. The van der Waals surface area contributed by atoms with E-state index in [1.807, 2.05) is 0 Å². The summed E-state index contributed by atoms with van der Waals surface area (Å²) in [6, 6.07) is 0. The van der Waals surface area contributed by atoms with Crippen LogP contribution in [0.25, 0.3) is 0 Å². The molecule has 27 heavy (non-hydrogen) atoms. The van der Waals surface area contributed by atoms with Crippen LogP contribution in [0.4, 0.5) is 0 Å². The summed E-state index contributed by atoms with van der Waals surface area (Å²) >= 11 is 0. The van der Waals surface area contributed by atoms with Crippen molar-refractivity contribution in [2.75, 3.05) is 0 Å². The Morgan fingerprint density at radius 2 is 1.48 bits per heavy atom. The molecule has 0 saturated carbocycles. The minimum absolute atomic E-state index is 0. The summed E-state index contributed by atoms with van der Waals surface area (Å²) in [4.78, 5) is 0. The van der Waals surface area contributed by atoms with Gasteiger partial charge in [0, 0.05) is 32.7 Å². The summed E-state index contributed by atoms with van der Waals surface area (Å²) < 4.78 is 0. The predicted molar refractivity (Wildman–Crippen MR) is 121 cm³/mol. The van der Waals surface area contributed by atoms with Gasteiger partial charge in [0.25, 0.3) is 0 Å². The quantitative estimate of drug-likeness (QED) is 0.182. The van der Waals surface area contributed by atoms with Gasteiger partial charge in [-0.15, -0.1) is 0 Å². The summed E-state index contributed by atoms with van der Waals surface area (Å²) in [6.45, 7) is 25.9. The molecular formula is C26H51Y-. The SMILES string of the molecule is [CH2-]C(C)(C)CCCC(C)(CCCC)C(C)(CC)C(CC)CC(C)C=CC.[Y]. The molecule has 0 saturated heterocycles. The van der Waals surface area contributed by atoms with E-state index in [1.54, 1.807) is 0 Å². The second-order valence-corrected chi connectivity index (χ2v) is 10.3. The van der Waals surface area contributed by atoms with Crippen LogP contribution >= 0.6 is 0 Å². The molecule has 4 atom stereocenters. The summed E-state index contributed by atoms with van der Waals surface area (Å²) in [5.74, 6) is 1.48. The van der Waals surface area contributed by atoms with E-state index >= 15 is 0 Å². The third-order valence-corrected chi connectivity index (χ3v) is 7.35. The number of rotatable bonds is 14. The largest absolute Gasteiger partial charge is 0.338 e. The van der Waals surface area contributed by atoms with Gasteiger partial charge in [0.15, 0.2) is 0 Å². The van der Waals surface area contributed by atoms with Crippen molar-refractivity contribution in [1.82, 2.24) is 0 Å². The van der Waals surface area contributed by atoms with E-state index in [-0.39, 0.29) is 38.1 Å². The van der Waals surface area contributed by atoms with Gasteiger partial charge in [-0.3, -0.25) is 0 Å². The third-order valence-electron chi connectivity index (χ3n) is 7.35. The molecule has 0 aliphatic heterocycles. The van der Waals surface area contributed by atoms with E-state index in [1.165, 1.54) is 57.8 Å². The Kier molecular flexibility index (Phi) is 15.5. The zero-order chi connectivity index (χ0) is 20.4. The molecule has 0 aromatic carbocycles. The molecule has 0 amide bonds. The molecule has 0 rings (SSSR count). The van der Waals surface area contributed by atoms with E-state index < -0.39 is 0 Å². The molecule has 0 fully saturated rings. The Balaban J connectivity index is 0. The van der Waals surface area contributed by atoms with Gasteiger partial charge < -0.3 is 6.92 Å². The molecule has 4 unspecified atom stereocenters. The van der Waals surface area contributed by atoms with Crippen molar-refractivity contribution in [1.29, 1.82) is 0 Å². The van der Waals surface area contributed by atoms with Crippen LogP contribution in [0, 0.1) is 35.0 Å². The van der Waals surface area contributed by atoms with Crippen molar-refractivity contribution >= 4 is 0 Å². The second-order valence-electron chi connectivity index (χ2n) is 10.3. The van der Waals surface area contributed by atoms with Gasteiger partial charge in [-0.1, -0.05) is 99.6 Å². The van der Waals surface area contributed by atoms with Crippen LogP contribution < -0.4 is 0 Å². The zero-order valence-electron chi connectivity index (χ0n) is 20.5. The third kappa shape index (κ3) is 9.93. The molecular weight excluding hydrogens is 401 g/mol. The fourth-order valence-corrected chi connectivity index (χ4v) is 5.16. The monoisotopic (exact) mass is 452 g/mol. The van der Waals surface area contributed by atoms with Gasteiger partial charge in [0.05, 0.1) is 0 Å². The van der Waals surface area contributed by atoms with Crippen LogP contribution in [0.5, 0.6) is 0 Å². The normalized spacial score (nSPS) is 19.2. The van der Waals surface area contributed by atoms with Crippen molar-refractivity contribution < 1.29 is 32.7 Å². The molecule has 0 aromatic heterocycles. The van der Waals surface area contributed by atoms with Gasteiger partial charge in [-0.05, 0) is 55.3 Å². The Hall–Kier alpha value is 0.844. The number of hydrogen-bond acceptors (Lipinski definition) is 0. The second kappa shape index (κ2) is 14.0. The fourth-order valence-electron chi connectivity index (χ4n) is 5.16. The van der Waals surface area contributed by atoms with Crippen LogP contribution in [0.2, 0.25) is 0 Å².